The van der Waals surface area contributed by atoms with Crippen molar-refractivity contribution in [1.29, 1.82) is 5.26 Å². The number of ether oxygens (including phenoxy) is 1. The zero-order chi connectivity index (χ0) is 9.53. The first-order valence-electron chi connectivity index (χ1n) is 4.57. The summed E-state index contributed by atoms with van der Waals surface area (Å²) in [4.78, 5) is 0. The Morgan fingerprint density at radius 3 is 2.92 bits per heavy atom. The SMILES string of the molecule is CC1(C2COCCC2(O)C#N)CN1. The predicted molar refractivity (Wildman–Crippen MR) is 45.9 cm³/mol. The van der Waals surface area contributed by atoms with E-state index in [1.807, 2.05) is 13.0 Å². The van der Waals surface area contributed by atoms with E-state index in [0.717, 1.165) is 6.54 Å². The van der Waals surface area contributed by atoms with E-state index in [0.29, 0.717) is 19.6 Å². The number of nitrogens with one attached hydrogen (secondary N) is 1. The fourth-order valence-electron chi connectivity index (χ4n) is 1.97. The molecular formula is C9H14N2O2. The highest BCUT2D eigenvalue weighted by Gasteiger charge is 2.55. The third-order valence-electron chi connectivity index (χ3n) is 3.19. The van der Waals surface area contributed by atoms with E-state index in [9.17, 15) is 5.11 Å². The summed E-state index contributed by atoms with van der Waals surface area (Å²) in [6.45, 7) is 3.85. The van der Waals surface area contributed by atoms with E-state index in [1.165, 1.54) is 0 Å². The molecule has 0 saturated carbocycles. The zero-order valence-corrected chi connectivity index (χ0v) is 7.71. The van der Waals surface area contributed by atoms with E-state index < -0.39 is 5.60 Å². The molecule has 0 aromatic rings. The van der Waals surface area contributed by atoms with Crippen LogP contribution in [0.2, 0.25) is 0 Å². The van der Waals surface area contributed by atoms with Crippen molar-refractivity contribution in [2.24, 2.45) is 5.92 Å². The topological polar surface area (TPSA) is 75.2 Å². The summed E-state index contributed by atoms with van der Waals surface area (Å²) in [6.07, 6.45) is 0.422. The van der Waals surface area contributed by atoms with E-state index in [4.69, 9.17) is 10.00 Å². The molecule has 3 unspecified atom stereocenters. The highest BCUT2D eigenvalue weighted by molar-refractivity contribution is 5.18. The lowest BCUT2D eigenvalue weighted by atomic mass is 9.76. The number of hydrogen-bond acceptors (Lipinski definition) is 4. The fourth-order valence-corrected chi connectivity index (χ4v) is 1.97. The van der Waals surface area contributed by atoms with E-state index >= 15 is 0 Å². The van der Waals surface area contributed by atoms with Crippen LogP contribution in [0.4, 0.5) is 0 Å². The minimum Gasteiger partial charge on any atom is -0.381 e. The Kier molecular flexibility index (Phi) is 1.84. The maximum Gasteiger partial charge on any atom is 0.160 e. The second-order valence-corrected chi connectivity index (χ2v) is 4.18. The molecular weight excluding hydrogens is 168 g/mol. The molecule has 0 aromatic carbocycles. The van der Waals surface area contributed by atoms with Gasteiger partial charge in [-0.25, -0.2) is 0 Å². The average molecular weight is 182 g/mol. The Bertz CT molecular complexity index is 257. The second kappa shape index (κ2) is 2.68. The fraction of sp³-hybridized carbons (Fsp3) is 0.889. The largest absolute Gasteiger partial charge is 0.381 e. The van der Waals surface area contributed by atoms with Gasteiger partial charge in [-0.1, -0.05) is 0 Å². The van der Waals surface area contributed by atoms with Crippen molar-refractivity contribution in [3.8, 4) is 6.07 Å². The monoisotopic (exact) mass is 182 g/mol. The highest BCUT2D eigenvalue weighted by atomic mass is 16.5. The first-order chi connectivity index (χ1) is 6.11. The molecule has 0 bridgehead atoms. The lowest BCUT2D eigenvalue weighted by Crippen LogP contribution is -2.51. The molecule has 2 rings (SSSR count). The maximum absolute atomic E-state index is 10.0. The summed E-state index contributed by atoms with van der Waals surface area (Å²) in [5.41, 5.74) is -1.29. The summed E-state index contributed by atoms with van der Waals surface area (Å²) in [5.74, 6) is -0.0984. The summed E-state index contributed by atoms with van der Waals surface area (Å²) < 4.78 is 5.29. The molecule has 2 heterocycles. The van der Waals surface area contributed by atoms with Gasteiger partial charge in [-0.2, -0.15) is 5.26 Å². The summed E-state index contributed by atoms with van der Waals surface area (Å²) in [7, 11) is 0. The molecule has 0 aliphatic carbocycles. The van der Waals surface area contributed by atoms with Gasteiger partial charge >= 0.3 is 0 Å². The van der Waals surface area contributed by atoms with Crippen LogP contribution in [0.25, 0.3) is 0 Å². The average Bonchev–Trinajstić information content (AvgIpc) is 2.85. The van der Waals surface area contributed by atoms with Gasteiger partial charge < -0.3 is 15.2 Å². The van der Waals surface area contributed by atoms with Crippen LogP contribution in [-0.4, -0.2) is 36.0 Å². The van der Waals surface area contributed by atoms with Gasteiger partial charge in [0.1, 0.15) is 0 Å². The first-order valence-corrected chi connectivity index (χ1v) is 4.57. The number of nitrogens with zero attached hydrogens (tertiary/aromatic N) is 1. The molecule has 0 aromatic heterocycles. The van der Waals surface area contributed by atoms with Gasteiger partial charge in [-0.15, -0.1) is 0 Å². The van der Waals surface area contributed by atoms with Crippen LogP contribution >= 0.6 is 0 Å². The van der Waals surface area contributed by atoms with Crippen molar-refractivity contribution in [2.45, 2.75) is 24.5 Å². The number of nitriles is 1. The molecule has 0 amide bonds. The normalized spacial score (nSPS) is 49.8. The molecule has 4 nitrogen and oxygen atoms in total. The minimum absolute atomic E-state index is 0.0924. The Morgan fingerprint density at radius 1 is 1.69 bits per heavy atom. The third-order valence-corrected chi connectivity index (χ3v) is 3.19. The van der Waals surface area contributed by atoms with Crippen molar-refractivity contribution in [1.82, 2.24) is 5.32 Å². The van der Waals surface area contributed by atoms with Crippen molar-refractivity contribution in [2.75, 3.05) is 19.8 Å². The van der Waals surface area contributed by atoms with E-state index in [-0.39, 0.29) is 11.5 Å². The van der Waals surface area contributed by atoms with Crippen molar-refractivity contribution in [3.05, 3.63) is 0 Å². The standard InChI is InChI=1S/C9H14N2O2/c1-8(6-11-8)7-4-13-3-2-9(7,12)5-10/h7,11-12H,2-4,6H2,1H3. The van der Waals surface area contributed by atoms with Gasteiger partial charge in [0.15, 0.2) is 5.60 Å². The molecule has 72 valence electrons. The van der Waals surface area contributed by atoms with Crippen molar-refractivity contribution >= 4 is 0 Å². The summed E-state index contributed by atoms with van der Waals surface area (Å²) >= 11 is 0. The molecule has 2 N–H and O–H groups in total. The molecule has 3 atom stereocenters. The highest BCUT2D eigenvalue weighted by Crippen LogP contribution is 2.38. The Balaban J connectivity index is 2.19. The lowest BCUT2D eigenvalue weighted by Gasteiger charge is -2.37. The van der Waals surface area contributed by atoms with Gasteiger partial charge in [0.25, 0.3) is 0 Å². The quantitative estimate of drug-likeness (QED) is 0.429. The van der Waals surface area contributed by atoms with Crippen LogP contribution in [0.5, 0.6) is 0 Å². The van der Waals surface area contributed by atoms with Crippen LogP contribution in [0.15, 0.2) is 0 Å². The summed E-state index contributed by atoms with van der Waals surface area (Å²) in [5, 5.41) is 22.1. The van der Waals surface area contributed by atoms with E-state index in [1.54, 1.807) is 0 Å². The number of hydrogen-bond donors (Lipinski definition) is 2. The summed E-state index contributed by atoms with van der Waals surface area (Å²) in [6, 6.07) is 2.01. The predicted octanol–water partition coefficient (Wildman–Crippen LogP) is -0.361. The van der Waals surface area contributed by atoms with Gasteiger partial charge in [0.05, 0.1) is 19.3 Å². The molecule has 2 fully saturated rings. The first kappa shape index (κ1) is 8.95. The molecule has 2 aliphatic heterocycles. The van der Waals surface area contributed by atoms with Gasteiger partial charge in [-0.05, 0) is 6.92 Å². The van der Waals surface area contributed by atoms with E-state index in [2.05, 4.69) is 5.32 Å². The van der Waals surface area contributed by atoms with Crippen LogP contribution in [-0.2, 0) is 4.74 Å². The Labute approximate surface area is 77.5 Å². The maximum atomic E-state index is 10.0. The third kappa shape index (κ3) is 1.33. The molecule has 0 radical (unpaired) electrons. The van der Waals surface area contributed by atoms with Crippen molar-refractivity contribution in [3.63, 3.8) is 0 Å². The van der Waals surface area contributed by atoms with Crippen LogP contribution < -0.4 is 5.32 Å². The number of aliphatic hydroxyl groups is 1. The zero-order valence-electron chi connectivity index (χ0n) is 7.71. The van der Waals surface area contributed by atoms with Gasteiger partial charge in [0.2, 0.25) is 0 Å². The van der Waals surface area contributed by atoms with Gasteiger partial charge in [-0.3, -0.25) is 0 Å². The van der Waals surface area contributed by atoms with Crippen molar-refractivity contribution < 1.29 is 9.84 Å². The second-order valence-electron chi connectivity index (χ2n) is 4.18. The molecule has 4 heteroatoms. The van der Waals surface area contributed by atoms with Crippen LogP contribution in [0.3, 0.4) is 0 Å². The minimum atomic E-state index is -1.20. The number of rotatable bonds is 1. The smallest absolute Gasteiger partial charge is 0.160 e. The molecule has 2 saturated heterocycles. The molecule has 2 aliphatic rings. The van der Waals surface area contributed by atoms with Crippen LogP contribution in [0.1, 0.15) is 13.3 Å². The van der Waals surface area contributed by atoms with Gasteiger partial charge in [0, 0.05) is 24.4 Å². The Morgan fingerprint density at radius 2 is 2.38 bits per heavy atom. The Hall–Kier alpha value is -0.630. The lowest BCUT2D eigenvalue weighted by molar-refractivity contribution is -0.0888. The molecule has 0 spiro atoms. The molecule has 13 heavy (non-hydrogen) atoms. The van der Waals surface area contributed by atoms with Crippen LogP contribution in [0, 0.1) is 17.2 Å².